The summed E-state index contributed by atoms with van der Waals surface area (Å²) in [6.45, 7) is 11.7. The molecule has 0 unspecified atom stereocenters. The Balaban J connectivity index is 2.07. The molecule has 1 fully saturated rings. The number of nitrogens with zero attached hydrogens (tertiary/aromatic N) is 2. The summed E-state index contributed by atoms with van der Waals surface area (Å²) >= 11 is 5.86. The van der Waals surface area contributed by atoms with Gasteiger partial charge in [0.05, 0.1) is 7.11 Å². The Bertz CT molecular complexity index is 626. The van der Waals surface area contributed by atoms with Crippen LogP contribution in [0.25, 0.3) is 0 Å². The highest BCUT2D eigenvalue weighted by Crippen LogP contribution is 2.28. The second-order valence-corrected chi connectivity index (χ2v) is 9.91. The Hall–Kier alpha value is -1.37. The average molecular weight is 407 g/mol. The Morgan fingerprint density at radius 2 is 1.68 bits per heavy atom. The van der Waals surface area contributed by atoms with E-state index in [1.54, 1.807) is 7.11 Å². The molecule has 0 spiro atoms. The third-order valence-electron chi connectivity index (χ3n) is 5.15. The first-order valence-corrected chi connectivity index (χ1v) is 10.5. The minimum absolute atomic E-state index is 0.0967. The molecule has 0 radical (unpaired) electrons. The smallest absolute Gasteiger partial charge is 0.169 e. The van der Waals surface area contributed by atoms with E-state index in [-0.39, 0.29) is 11.1 Å². The van der Waals surface area contributed by atoms with Crippen LogP contribution < -0.4 is 15.4 Å². The monoisotopic (exact) mass is 406 g/mol. The van der Waals surface area contributed by atoms with Crippen molar-refractivity contribution in [2.45, 2.75) is 64.2 Å². The third kappa shape index (κ3) is 7.22. The SMILES string of the molecule is COc1ccc(CN(CCN(C)C)C(=S)NC2CC(C)(C)NC(C)(C)C2)cc1. The van der Waals surface area contributed by atoms with Crippen molar-refractivity contribution in [2.75, 3.05) is 34.3 Å². The van der Waals surface area contributed by atoms with Gasteiger partial charge in [-0.2, -0.15) is 0 Å². The molecule has 158 valence electrons. The molecule has 0 bridgehead atoms. The molecule has 1 aromatic rings. The number of methoxy groups -OCH3 is 1. The maximum Gasteiger partial charge on any atom is 0.169 e. The molecule has 1 aromatic carbocycles. The van der Waals surface area contributed by atoms with Crippen LogP contribution in [-0.2, 0) is 6.54 Å². The molecule has 2 rings (SSSR count). The topological polar surface area (TPSA) is 39.8 Å². The van der Waals surface area contributed by atoms with Crippen LogP contribution in [-0.4, -0.2) is 66.3 Å². The fourth-order valence-electron chi connectivity index (χ4n) is 4.21. The van der Waals surface area contributed by atoms with Crippen molar-refractivity contribution in [1.82, 2.24) is 20.4 Å². The van der Waals surface area contributed by atoms with Crippen LogP contribution in [0.1, 0.15) is 46.1 Å². The molecule has 0 aromatic heterocycles. The van der Waals surface area contributed by atoms with Crippen molar-refractivity contribution in [1.29, 1.82) is 0 Å². The van der Waals surface area contributed by atoms with E-state index in [4.69, 9.17) is 17.0 Å². The van der Waals surface area contributed by atoms with Crippen molar-refractivity contribution >= 4 is 17.3 Å². The molecular formula is C22H38N4OS. The molecule has 2 N–H and O–H groups in total. The molecule has 5 nitrogen and oxygen atoms in total. The van der Waals surface area contributed by atoms with E-state index in [2.05, 4.69) is 74.4 Å². The summed E-state index contributed by atoms with van der Waals surface area (Å²) in [5, 5.41) is 8.25. The number of hydrogen-bond acceptors (Lipinski definition) is 4. The number of ether oxygens (including phenoxy) is 1. The Morgan fingerprint density at radius 1 is 1.11 bits per heavy atom. The van der Waals surface area contributed by atoms with Gasteiger partial charge in [0.25, 0.3) is 0 Å². The van der Waals surface area contributed by atoms with E-state index < -0.39 is 0 Å². The van der Waals surface area contributed by atoms with Crippen LogP contribution in [0.5, 0.6) is 5.75 Å². The molecule has 1 heterocycles. The first-order chi connectivity index (χ1) is 13.0. The minimum Gasteiger partial charge on any atom is -0.497 e. The Kier molecular flexibility index (Phi) is 7.71. The van der Waals surface area contributed by atoms with E-state index in [1.807, 2.05) is 12.1 Å². The molecule has 0 atom stereocenters. The average Bonchev–Trinajstić information content (AvgIpc) is 2.56. The summed E-state index contributed by atoms with van der Waals surface area (Å²) < 4.78 is 5.28. The molecule has 0 saturated carbocycles. The zero-order valence-electron chi connectivity index (χ0n) is 18.6. The predicted octanol–water partition coefficient (Wildman–Crippen LogP) is 3.24. The van der Waals surface area contributed by atoms with Crippen LogP contribution in [0.15, 0.2) is 24.3 Å². The van der Waals surface area contributed by atoms with Crippen molar-refractivity contribution in [3.8, 4) is 5.75 Å². The summed E-state index contributed by atoms with van der Waals surface area (Å²) in [6, 6.07) is 8.61. The Morgan fingerprint density at radius 3 is 2.18 bits per heavy atom. The first kappa shape index (κ1) is 22.9. The fraction of sp³-hybridized carbons (Fsp3) is 0.682. The van der Waals surface area contributed by atoms with Gasteiger partial charge < -0.3 is 25.2 Å². The van der Waals surface area contributed by atoms with E-state index >= 15 is 0 Å². The zero-order valence-corrected chi connectivity index (χ0v) is 19.4. The van der Waals surface area contributed by atoms with Crippen molar-refractivity contribution < 1.29 is 4.74 Å². The maximum atomic E-state index is 5.86. The second-order valence-electron chi connectivity index (χ2n) is 9.52. The summed E-state index contributed by atoms with van der Waals surface area (Å²) in [5.74, 6) is 0.878. The molecular weight excluding hydrogens is 368 g/mol. The maximum absolute atomic E-state index is 5.86. The number of nitrogens with one attached hydrogen (secondary N) is 2. The van der Waals surface area contributed by atoms with Gasteiger partial charge >= 0.3 is 0 Å². The first-order valence-electron chi connectivity index (χ1n) is 10.1. The highest BCUT2D eigenvalue weighted by atomic mass is 32.1. The summed E-state index contributed by atoms with van der Waals surface area (Å²) in [6.07, 6.45) is 2.11. The van der Waals surface area contributed by atoms with Crippen LogP contribution in [0.3, 0.4) is 0 Å². The Labute approximate surface area is 176 Å². The van der Waals surface area contributed by atoms with Crippen LogP contribution in [0, 0.1) is 0 Å². The van der Waals surface area contributed by atoms with E-state index in [0.29, 0.717) is 6.04 Å². The predicted molar refractivity (Wildman–Crippen MR) is 122 cm³/mol. The van der Waals surface area contributed by atoms with Crippen LogP contribution in [0.4, 0.5) is 0 Å². The molecule has 1 saturated heterocycles. The van der Waals surface area contributed by atoms with Gasteiger partial charge in [-0.15, -0.1) is 0 Å². The summed E-state index contributed by atoms with van der Waals surface area (Å²) in [4.78, 5) is 4.47. The number of likely N-dealkylation sites (N-methyl/N-ethyl adjacent to an activating group) is 1. The second kappa shape index (κ2) is 9.42. The normalized spacial score (nSPS) is 18.7. The van der Waals surface area contributed by atoms with Gasteiger partial charge in [0.2, 0.25) is 0 Å². The standard InChI is InChI=1S/C22H38N4OS/c1-21(2)14-18(15-22(3,4)24-21)23-20(28)26(13-12-25(5)6)16-17-8-10-19(27-7)11-9-17/h8-11,18,24H,12-16H2,1-7H3,(H,23,28). The van der Waals surface area contributed by atoms with Crippen molar-refractivity contribution in [2.24, 2.45) is 0 Å². The number of benzene rings is 1. The summed E-state index contributed by atoms with van der Waals surface area (Å²) in [5.41, 5.74) is 1.42. The fourth-order valence-corrected chi connectivity index (χ4v) is 4.54. The zero-order chi connectivity index (χ0) is 20.9. The lowest BCUT2D eigenvalue weighted by molar-refractivity contribution is 0.153. The van der Waals surface area contributed by atoms with E-state index in [0.717, 1.165) is 43.3 Å². The van der Waals surface area contributed by atoms with Gasteiger partial charge in [0, 0.05) is 36.8 Å². The number of rotatable bonds is 7. The lowest BCUT2D eigenvalue weighted by atomic mass is 9.80. The van der Waals surface area contributed by atoms with Crippen LogP contribution in [0.2, 0.25) is 0 Å². The van der Waals surface area contributed by atoms with E-state index in [9.17, 15) is 0 Å². The van der Waals surface area contributed by atoms with Gasteiger partial charge in [0.1, 0.15) is 5.75 Å². The largest absolute Gasteiger partial charge is 0.497 e. The quantitative estimate of drug-likeness (QED) is 0.678. The molecule has 1 aliphatic rings. The number of thiocarbonyl (C=S) groups is 1. The van der Waals surface area contributed by atoms with Gasteiger partial charge in [-0.05, 0) is 84.5 Å². The minimum atomic E-state index is 0.0967. The molecule has 28 heavy (non-hydrogen) atoms. The van der Waals surface area contributed by atoms with Gasteiger partial charge in [-0.25, -0.2) is 0 Å². The highest BCUT2D eigenvalue weighted by molar-refractivity contribution is 7.80. The number of piperidine rings is 1. The third-order valence-corrected chi connectivity index (χ3v) is 5.53. The van der Waals surface area contributed by atoms with Crippen LogP contribution >= 0.6 is 12.2 Å². The van der Waals surface area contributed by atoms with Gasteiger partial charge in [-0.3, -0.25) is 0 Å². The lowest BCUT2D eigenvalue weighted by Crippen LogP contribution is -2.63. The van der Waals surface area contributed by atoms with Crippen molar-refractivity contribution in [3.05, 3.63) is 29.8 Å². The molecule has 0 aliphatic carbocycles. The molecule has 6 heteroatoms. The van der Waals surface area contributed by atoms with Gasteiger partial charge in [0.15, 0.2) is 5.11 Å². The molecule has 0 amide bonds. The highest BCUT2D eigenvalue weighted by Gasteiger charge is 2.38. The summed E-state index contributed by atoms with van der Waals surface area (Å²) in [7, 11) is 5.89. The molecule has 1 aliphatic heterocycles. The van der Waals surface area contributed by atoms with Gasteiger partial charge in [-0.1, -0.05) is 12.1 Å². The number of hydrogen-bond donors (Lipinski definition) is 2. The lowest BCUT2D eigenvalue weighted by Gasteiger charge is -2.47. The van der Waals surface area contributed by atoms with Crippen molar-refractivity contribution in [3.63, 3.8) is 0 Å². The van der Waals surface area contributed by atoms with E-state index in [1.165, 1.54) is 5.56 Å².